The van der Waals surface area contributed by atoms with E-state index in [1.54, 1.807) is 25.3 Å². The Labute approximate surface area is 143 Å². The van der Waals surface area contributed by atoms with Gasteiger partial charge in [0.1, 0.15) is 0 Å². The first kappa shape index (κ1) is 17.1. The first-order chi connectivity index (χ1) is 11.6. The Morgan fingerprint density at radius 3 is 2.75 bits per heavy atom. The minimum atomic E-state index is -3.59. The Bertz CT molecular complexity index is 805. The molecular weight excluding hydrogens is 324 g/mol. The van der Waals surface area contributed by atoms with Gasteiger partial charge in [0.25, 0.3) is 0 Å². The molecule has 0 saturated heterocycles. The molecule has 1 atom stereocenters. The van der Waals surface area contributed by atoms with Crippen molar-refractivity contribution in [2.75, 3.05) is 20.2 Å². The van der Waals surface area contributed by atoms with Crippen LogP contribution in [0.4, 0.5) is 0 Å². The minimum Gasteiger partial charge on any atom is -0.380 e. The van der Waals surface area contributed by atoms with E-state index >= 15 is 0 Å². The topological polar surface area (TPSA) is 67.4 Å². The van der Waals surface area contributed by atoms with Gasteiger partial charge in [-0.25, -0.2) is 13.1 Å². The highest BCUT2D eigenvalue weighted by molar-refractivity contribution is 7.89. The van der Waals surface area contributed by atoms with Crippen molar-refractivity contribution in [2.45, 2.75) is 24.0 Å². The average molecular weight is 346 g/mol. The first-order valence-corrected chi connectivity index (χ1v) is 9.48. The van der Waals surface area contributed by atoms with Gasteiger partial charge in [-0.05, 0) is 35.7 Å². The summed E-state index contributed by atoms with van der Waals surface area (Å²) in [6.45, 7) is 1.44. The van der Waals surface area contributed by atoms with Crippen LogP contribution in [0.25, 0.3) is 0 Å². The molecule has 1 unspecified atom stereocenters. The molecular formula is C18H22N2O3S. The summed E-state index contributed by atoms with van der Waals surface area (Å²) in [5, 5.41) is 3.39. The number of ether oxygens (including phenoxy) is 1. The molecule has 0 radical (unpaired) electrons. The fraction of sp³-hybridized carbons (Fsp3) is 0.333. The van der Waals surface area contributed by atoms with Crippen LogP contribution in [0.3, 0.4) is 0 Å². The van der Waals surface area contributed by atoms with Gasteiger partial charge < -0.3 is 10.1 Å². The highest BCUT2D eigenvalue weighted by atomic mass is 32.2. The van der Waals surface area contributed by atoms with Gasteiger partial charge >= 0.3 is 0 Å². The van der Waals surface area contributed by atoms with Gasteiger partial charge in [-0.1, -0.05) is 42.5 Å². The number of hydrogen-bond acceptors (Lipinski definition) is 4. The zero-order chi connectivity index (χ0) is 17.0. The third kappa shape index (κ3) is 3.67. The van der Waals surface area contributed by atoms with Gasteiger partial charge in [-0.15, -0.1) is 0 Å². The van der Waals surface area contributed by atoms with Gasteiger partial charge in [0.2, 0.25) is 10.0 Å². The van der Waals surface area contributed by atoms with Crippen molar-refractivity contribution in [1.29, 1.82) is 0 Å². The highest BCUT2D eigenvalue weighted by Gasteiger charge is 2.23. The summed E-state index contributed by atoms with van der Waals surface area (Å²) in [5.74, 6) is 0. The van der Waals surface area contributed by atoms with Crippen LogP contribution in [0.1, 0.15) is 22.7 Å². The number of hydrogen-bond donors (Lipinski definition) is 2. The second-order valence-electron chi connectivity index (χ2n) is 5.85. The van der Waals surface area contributed by atoms with E-state index in [-0.39, 0.29) is 17.5 Å². The Balaban J connectivity index is 1.77. The Morgan fingerprint density at radius 2 is 1.92 bits per heavy atom. The van der Waals surface area contributed by atoms with Gasteiger partial charge in [-0.2, -0.15) is 0 Å². The van der Waals surface area contributed by atoms with E-state index in [1.165, 1.54) is 5.56 Å². The lowest BCUT2D eigenvalue weighted by molar-refractivity contribution is 0.182. The molecule has 1 heterocycles. The monoisotopic (exact) mass is 346 g/mol. The summed E-state index contributed by atoms with van der Waals surface area (Å²) >= 11 is 0. The van der Waals surface area contributed by atoms with Crippen molar-refractivity contribution < 1.29 is 13.2 Å². The van der Waals surface area contributed by atoms with Crippen LogP contribution < -0.4 is 10.0 Å². The molecule has 5 nitrogen and oxygen atoms in total. The quantitative estimate of drug-likeness (QED) is 0.839. The summed E-state index contributed by atoms with van der Waals surface area (Å²) in [5.41, 5.74) is 3.10. The number of methoxy groups -OCH3 is 1. The molecule has 2 N–H and O–H groups in total. The maximum absolute atomic E-state index is 12.7. The smallest absolute Gasteiger partial charge is 0.240 e. The summed E-state index contributed by atoms with van der Waals surface area (Å²) in [6, 6.07) is 15.1. The normalized spacial score (nSPS) is 17.5. The lowest BCUT2D eigenvalue weighted by Crippen LogP contribution is -2.39. The molecule has 3 rings (SSSR count). The predicted octanol–water partition coefficient (Wildman–Crippen LogP) is 2.00. The maximum atomic E-state index is 12.7. The molecule has 2 aromatic carbocycles. The number of nitrogens with one attached hydrogen (secondary N) is 2. The standard InChI is InChI=1S/C18H22N2O3S/c1-23-13-15-7-3-5-9-18(15)24(21,22)20-12-17-16-8-4-2-6-14(16)10-11-19-17/h2-9,17,19-20H,10-13H2,1H3. The zero-order valence-electron chi connectivity index (χ0n) is 13.7. The van der Waals surface area contributed by atoms with Crippen molar-refractivity contribution in [2.24, 2.45) is 0 Å². The Kier molecular flexibility index (Phi) is 5.30. The van der Waals surface area contributed by atoms with Crippen molar-refractivity contribution in [1.82, 2.24) is 10.0 Å². The fourth-order valence-electron chi connectivity index (χ4n) is 3.09. The van der Waals surface area contributed by atoms with E-state index in [9.17, 15) is 8.42 Å². The van der Waals surface area contributed by atoms with Crippen LogP contribution in [-0.2, 0) is 27.8 Å². The molecule has 1 aliphatic rings. The van der Waals surface area contributed by atoms with E-state index in [1.807, 2.05) is 18.2 Å². The highest BCUT2D eigenvalue weighted by Crippen LogP contribution is 2.23. The molecule has 0 aliphatic carbocycles. The summed E-state index contributed by atoms with van der Waals surface area (Å²) in [4.78, 5) is 0.274. The van der Waals surface area contributed by atoms with Crippen LogP contribution in [-0.4, -0.2) is 28.6 Å². The van der Waals surface area contributed by atoms with Crippen LogP contribution in [0, 0.1) is 0 Å². The van der Waals surface area contributed by atoms with Crippen LogP contribution in [0.2, 0.25) is 0 Å². The number of sulfonamides is 1. The SMILES string of the molecule is COCc1ccccc1S(=O)(=O)NCC1NCCc2ccccc21. The van der Waals surface area contributed by atoms with Crippen LogP contribution in [0.15, 0.2) is 53.4 Å². The molecule has 0 amide bonds. The molecule has 0 spiro atoms. The lowest BCUT2D eigenvalue weighted by atomic mass is 9.95. The van der Waals surface area contributed by atoms with E-state index < -0.39 is 10.0 Å². The number of rotatable bonds is 6. The molecule has 0 bridgehead atoms. The third-order valence-corrected chi connectivity index (χ3v) is 5.78. The van der Waals surface area contributed by atoms with Gasteiger partial charge in [0.05, 0.1) is 11.5 Å². The molecule has 0 fully saturated rings. The molecule has 1 aliphatic heterocycles. The number of benzene rings is 2. The summed E-state index contributed by atoms with van der Waals surface area (Å²) in [7, 11) is -2.03. The molecule has 128 valence electrons. The predicted molar refractivity (Wildman–Crippen MR) is 93.2 cm³/mol. The van der Waals surface area contributed by atoms with Gasteiger partial charge in [0.15, 0.2) is 0 Å². The minimum absolute atomic E-state index is 0.0145. The third-order valence-electron chi connectivity index (χ3n) is 4.26. The van der Waals surface area contributed by atoms with E-state index in [2.05, 4.69) is 22.2 Å². The second kappa shape index (κ2) is 7.44. The van der Waals surface area contributed by atoms with Crippen LogP contribution in [0.5, 0.6) is 0 Å². The molecule has 0 saturated carbocycles. The molecule has 6 heteroatoms. The lowest BCUT2D eigenvalue weighted by Gasteiger charge is -2.27. The van der Waals surface area contributed by atoms with E-state index in [0.29, 0.717) is 12.1 Å². The Morgan fingerprint density at radius 1 is 1.17 bits per heavy atom. The van der Waals surface area contributed by atoms with Gasteiger partial charge in [-0.3, -0.25) is 0 Å². The zero-order valence-corrected chi connectivity index (χ0v) is 14.5. The first-order valence-electron chi connectivity index (χ1n) is 7.99. The second-order valence-corrected chi connectivity index (χ2v) is 7.58. The van der Waals surface area contributed by atoms with Crippen LogP contribution >= 0.6 is 0 Å². The number of fused-ring (bicyclic) bond motifs is 1. The molecule has 24 heavy (non-hydrogen) atoms. The average Bonchev–Trinajstić information content (AvgIpc) is 2.60. The van der Waals surface area contributed by atoms with Crippen molar-refractivity contribution in [3.05, 3.63) is 65.2 Å². The Hall–Kier alpha value is -1.73. The van der Waals surface area contributed by atoms with E-state index in [4.69, 9.17) is 4.74 Å². The van der Waals surface area contributed by atoms with Gasteiger partial charge in [0, 0.05) is 19.7 Å². The molecule has 0 aromatic heterocycles. The summed E-state index contributed by atoms with van der Waals surface area (Å²) < 4.78 is 33.2. The van der Waals surface area contributed by atoms with E-state index in [0.717, 1.165) is 18.5 Å². The largest absolute Gasteiger partial charge is 0.380 e. The van der Waals surface area contributed by atoms with Crippen molar-refractivity contribution >= 4 is 10.0 Å². The van der Waals surface area contributed by atoms with Crippen molar-refractivity contribution in [3.63, 3.8) is 0 Å². The van der Waals surface area contributed by atoms with Crippen molar-refractivity contribution in [3.8, 4) is 0 Å². The maximum Gasteiger partial charge on any atom is 0.240 e. The summed E-state index contributed by atoms with van der Waals surface area (Å²) in [6.07, 6.45) is 0.968. The molecule has 2 aromatic rings. The fourth-order valence-corrected chi connectivity index (χ4v) is 4.36.